The first-order valence-corrected chi connectivity index (χ1v) is 9.44. The van der Waals surface area contributed by atoms with Crippen molar-refractivity contribution < 1.29 is 9.84 Å². The first-order valence-electron chi connectivity index (χ1n) is 9.44. The largest absolute Gasteiger partial charge is 0.396 e. The van der Waals surface area contributed by atoms with Gasteiger partial charge in [0.25, 0.3) is 0 Å². The zero-order valence-corrected chi connectivity index (χ0v) is 15.5. The van der Waals surface area contributed by atoms with E-state index in [2.05, 4.69) is 60.0 Å². The number of hydrogen-bond acceptors (Lipinski definition) is 3. The maximum Gasteiger partial charge on any atom is 0.191 e. The zero-order chi connectivity index (χ0) is 18.2. The van der Waals surface area contributed by atoms with Crippen molar-refractivity contribution in [1.82, 2.24) is 10.6 Å². The van der Waals surface area contributed by atoms with Gasteiger partial charge in [0.1, 0.15) is 0 Å². The number of ether oxygens (including phenoxy) is 1. The normalized spacial score (nSPS) is 20.5. The number of guanidine groups is 1. The summed E-state index contributed by atoms with van der Waals surface area (Å²) in [5.74, 6) is 0.810. The molecule has 3 rings (SSSR count). The van der Waals surface area contributed by atoms with Crippen molar-refractivity contribution in [2.45, 2.75) is 26.3 Å². The summed E-state index contributed by atoms with van der Waals surface area (Å²) in [6, 6.07) is 14.7. The van der Waals surface area contributed by atoms with Crippen LogP contribution in [-0.4, -0.2) is 44.0 Å². The molecule has 2 aromatic rings. The molecular formula is C21H29N3O2. The van der Waals surface area contributed by atoms with E-state index in [1.54, 1.807) is 0 Å². The molecule has 1 aliphatic rings. The molecule has 26 heavy (non-hydrogen) atoms. The second kappa shape index (κ2) is 9.01. The van der Waals surface area contributed by atoms with Gasteiger partial charge in [-0.05, 0) is 36.1 Å². The number of rotatable bonds is 7. The molecule has 1 aliphatic heterocycles. The van der Waals surface area contributed by atoms with Gasteiger partial charge in [0.15, 0.2) is 5.96 Å². The topological polar surface area (TPSA) is 65.9 Å². The molecule has 1 saturated heterocycles. The highest BCUT2D eigenvalue weighted by molar-refractivity contribution is 5.86. The van der Waals surface area contributed by atoms with Crippen LogP contribution in [0.25, 0.3) is 10.8 Å². The molecule has 0 saturated carbocycles. The highest BCUT2D eigenvalue weighted by atomic mass is 16.5. The smallest absolute Gasteiger partial charge is 0.191 e. The Labute approximate surface area is 155 Å². The van der Waals surface area contributed by atoms with E-state index in [9.17, 15) is 5.11 Å². The Morgan fingerprint density at radius 3 is 2.81 bits per heavy atom. The third-order valence-corrected chi connectivity index (χ3v) is 5.09. The molecule has 1 fully saturated rings. The maximum absolute atomic E-state index is 9.38. The van der Waals surface area contributed by atoms with Crippen molar-refractivity contribution in [3.05, 3.63) is 48.0 Å². The summed E-state index contributed by atoms with van der Waals surface area (Å²) in [6.45, 7) is 5.92. The van der Waals surface area contributed by atoms with E-state index in [0.717, 1.165) is 38.5 Å². The number of aliphatic imine (C=N–C) groups is 1. The SMILES string of the molecule is CCNC(=NCc1cccc2ccccc12)NCC1(CCO)CCOC1. The van der Waals surface area contributed by atoms with Crippen molar-refractivity contribution in [3.8, 4) is 0 Å². The Hall–Kier alpha value is -2.11. The molecule has 2 aromatic carbocycles. The summed E-state index contributed by atoms with van der Waals surface area (Å²) in [4.78, 5) is 4.78. The summed E-state index contributed by atoms with van der Waals surface area (Å²) < 4.78 is 5.57. The minimum absolute atomic E-state index is 0.00435. The van der Waals surface area contributed by atoms with Crippen LogP contribution in [0.1, 0.15) is 25.3 Å². The Bertz CT molecular complexity index is 734. The molecule has 0 radical (unpaired) electrons. The fraction of sp³-hybridized carbons (Fsp3) is 0.476. The van der Waals surface area contributed by atoms with Crippen LogP contribution < -0.4 is 10.6 Å². The average Bonchev–Trinajstić information content (AvgIpc) is 3.13. The predicted molar refractivity (Wildman–Crippen MR) is 106 cm³/mol. The summed E-state index contributed by atoms with van der Waals surface area (Å²) in [5.41, 5.74) is 1.22. The highest BCUT2D eigenvalue weighted by Crippen LogP contribution is 2.31. The first kappa shape index (κ1) is 18.7. The van der Waals surface area contributed by atoms with E-state index in [0.29, 0.717) is 13.2 Å². The molecule has 0 aliphatic carbocycles. The third-order valence-electron chi connectivity index (χ3n) is 5.09. The van der Waals surface area contributed by atoms with Crippen LogP contribution >= 0.6 is 0 Å². The lowest BCUT2D eigenvalue weighted by atomic mass is 9.84. The highest BCUT2D eigenvalue weighted by Gasteiger charge is 2.34. The van der Waals surface area contributed by atoms with Gasteiger partial charge in [-0.1, -0.05) is 42.5 Å². The van der Waals surface area contributed by atoms with E-state index in [1.807, 2.05) is 0 Å². The molecule has 140 valence electrons. The number of aliphatic hydroxyl groups excluding tert-OH is 1. The van der Waals surface area contributed by atoms with Gasteiger partial charge in [0.05, 0.1) is 13.2 Å². The Morgan fingerprint density at radius 2 is 2.04 bits per heavy atom. The summed E-state index contributed by atoms with van der Waals surface area (Å²) in [5, 5.41) is 18.6. The van der Waals surface area contributed by atoms with Crippen molar-refractivity contribution in [1.29, 1.82) is 0 Å². The summed E-state index contributed by atoms with van der Waals surface area (Å²) in [7, 11) is 0. The second-order valence-electron chi connectivity index (χ2n) is 6.96. The molecule has 5 nitrogen and oxygen atoms in total. The Balaban J connectivity index is 1.70. The van der Waals surface area contributed by atoms with Crippen LogP contribution in [0, 0.1) is 5.41 Å². The van der Waals surface area contributed by atoms with E-state index in [-0.39, 0.29) is 12.0 Å². The van der Waals surface area contributed by atoms with Crippen LogP contribution in [0.2, 0.25) is 0 Å². The molecule has 0 aromatic heterocycles. The third kappa shape index (κ3) is 4.54. The van der Waals surface area contributed by atoms with Crippen molar-refractivity contribution in [2.24, 2.45) is 10.4 Å². The van der Waals surface area contributed by atoms with Gasteiger partial charge in [0.2, 0.25) is 0 Å². The quantitative estimate of drug-likeness (QED) is 0.528. The predicted octanol–water partition coefficient (Wildman–Crippen LogP) is 2.68. The lowest BCUT2D eigenvalue weighted by Crippen LogP contribution is -2.44. The lowest BCUT2D eigenvalue weighted by Gasteiger charge is -2.27. The van der Waals surface area contributed by atoms with Crippen LogP contribution in [-0.2, 0) is 11.3 Å². The zero-order valence-electron chi connectivity index (χ0n) is 15.5. The van der Waals surface area contributed by atoms with Gasteiger partial charge in [-0.2, -0.15) is 0 Å². The molecule has 3 N–H and O–H groups in total. The molecule has 0 amide bonds. The van der Waals surface area contributed by atoms with E-state index in [4.69, 9.17) is 9.73 Å². The minimum atomic E-state index is 0.00435. The summed E-state index contributed by atoms with van der Waals surface area (Å²) >= 11 is 0. The van der Waals surface area contributed by atoms with Crippen molar-refractivity contribution in [3.63, 3.8) is 0 Å². The van der Waals surface area contributed by atoms with E-state index < -0.39 is 0 Å². The fourth-order valence-corrected chi connectivity index (χ4v) is 3.52. The standard InChI is InChI=1S/C21H29N3O2/c1-2-22-20(24-15-21(10-12-25)11-13-26-16-21)23-14-18-8-5-7-17-6-3-4-9-19(17)18/h3-9,25H,2,10-16H2,1H3,(H2,22,23,24). The van der Waals surface area contributed by atoms with E-state index >= 15 is 0 Å². The average molecular weight is 355 g/mol. The monoisotopic (exact) mass is 355 g/mol. The Morgan fingerprint density at radius 1 is 1.19 bits per heavy atom. The number of fused-ring (bicyclic) bond motifs is 1. The van der Waals surface area contributed by atoms with Crippen LogP contribution in [0.3, 0.4) is 0 Å². The van der Waals surface area contributed by atoms with Crippen LogP contribution in [0.4, 0.5) is 0 Å². The molecule has 0 spiro atoms. The number of benzene rings is 2. The molecule has 1 unspecified atom stereocenters. The first-order chi connectivity index (χ1) is 12.8. The van der Waals surface area contributed by atoms with E-state index in [1.165, 1.54) is 16.3 Å². The van der Waals surface area contributed by atoms with Gasteiger partial charge < -0.3 is 20.5 Å². The number of nitrogens with one attached hydrogen (secondary N) is 2. The minimum Gasteiger partial charge on any atom is -0.396 e. The Kier molecular flexibility index (Phi) is 6.47. The molecular weight excluding hydrogens is 326 g/mol. The fourth-order valence-electron chi connectivity index (χ4n) is 3.52. The number of nitrogens with zero attached hydrogens (tertiary/aromatic N) is 1. The summed E-state index contributed by atoms with van der Waals surface area (Å²) in [6.07, 6.45) is 1.73. The van der Waals surface area contributed by atoms with Crippen molar-refractivity contribution >= 4 is 16.7 Å². The molecule has 1 atom stereocenters. The molecule has 1 heterocycles. The second-order valence-corrected chi connectivity index (χ2v) is 6.96. The molecule has 0 bridgehead atoms. The van der Waals surface area contributed by atoms with Gasteiger partial charge >= 0.3 is 0 Å². The van der Waals surface area contributed by atoms with Crippen molar-refractivity contribution in [2.75, 3.05) is 32.9 Å². The maximum atomic E-state index is 9.38. The van der Waals surface area contributed by atoms with Crippen LogP contribution in [0.15, 0.2) is 47.5 Å². The molecule has 5 heteroatoms. The van der Waals surface area contributed by atoms with Gasteiger partial charge in [-0.3, -0.25) is 0 Å². The number of hydrogen-bond donors (Lipinski definition) is 3. The van der Waals surface area contributed by atoms with Gasteiger partial charge in [0, 0.05) is 31.7 Å². The van der Waals surface area contributed by atoms with Gasteiger partial charge in [-0.15, -0.1) is 0 Å². The lowest BCUT2D eigenvalue weighted by molar-refractivity contribution is 0.127. The number of aliphatic hydroxyl groups is 1. The van der Waals surface area contributed by atoms with Crippen LogP contribution in [0.5, 0.6) is 0 Å². The van der Waals surface area contributed by atoms with Gasteiger partial charge in [-0.25, -0.2) is 4.99 Å².